The standard InChI is InChI=1S/C13H15N3O/c1-2-14-12-8-13(16-10-15-12)17-9-11-6-4-3-5-7-11/h3-8,10H,2,9H2,1H3,(H,14,15,16). The summed E-state index contributed by atoms with van der Waals surface area (Å²) >= 11 is 0. The lowest BCUT2D eigenvalue weighted by atomic mass is 10.2. The zero-order chi connectivity index (χ0) is 11.9. The number of ether oxygens (including phenoxy) is 1. The maximum atomic E-state index is 5.59. The molecule has 0 amide bonds. The van der Waals surface area contributed by atoms with E-state index in [-0.39, 0.29) is 0 Å². The maximum absolute atomic E-state index is 5.59. The summed E-state index contributed by atoms with van der Waals surface area (Å²) in [6, 6.07) is 11.8. The molecule has 0 radical (unpaired) electrons. The van der Waals surface area contributed by atoms with Crippen LogP contribution in [0.2, 0.25) is 0 Å². The van der Waals surface area contributed by atoms with E-state index in [2.05, 4.69) is 15.3 Å². The van der Waals surface area contributed by atoms with Gasteiger partial charge in [-0.3, -0.25) is 0 Å². The predicted octanol–water partition coefficient (Wildman–Crippen LogP) is 2.49. The van der Waals surface area contributed by atoms with Gasteiger partial charge < -0.3 is 10.1 Å². The van der Waals surface area contributed by atoms with Gasteiger partial charge in [-0.15, -0.1) is 0 Å². The Morgan fingerprint density at radius 3 is 2.76 bits per heavy atom. The zero-order valence-corrected chi connectivity index (χ0v) is 9.76. The smallest absolute Gasteiger partial charge is 0.218 e. The van der Waals surface area contributed by atoms with Crippen LogP contribution in [-0.4, -0.2) is 16.5 Å². The SMILES string of the molecule is CCNc1cc(OCc2ccccc2)ncn1. The average Bonchev–Trinajstić information content (AvgIpc) is 2.39. The van der Waals surface area contributed by atoms with Gasteiger partial charge in [-0.2, -0.15) is 0 Å². The van der Waals surface area contributed by atoms with E-state index in [9.17, 15) is 0 Å². The molecule has 0 aliphatic heterocycles. The van der Waals surface area contributed by atoms with E-state index < -0.39 is 0 Å². The van der Waals surface area contributed by atoms with Crippen molar-refractivity contribution in [2.45, 2.75) is 13.5 Å². The van der Waals surface area contributed by atoms with Crippen molar-refractivity contribution < 1.29 is 4.74 Å². The Bertz CT molecular complexity index is 459. The Labute approximate surface area is 101 Å². The Balaban J connectivity index is 1.97. The molecule has 1 aromatic carbocycles. The summed E-state index contributed by atoms with van der Waals surface area (Å²) in [5.41, 5.74) is 1.12. The Hall–Kier alpha value is -2.10. The van der Waals surface area contributed by atoms with Crippen LogP contribution in [0.25, 0.3) is 0 Å². The van der Waals surface area contributed by atoms with Crippen molar-refractivity contribution in [3.63, 3.8) is 0 Å². The van der Waals surface area contributed by atoms with Crippen molar-refractivity contribution in [2.75, 3.05) is 11.9 Å². The summed E-state index contributed by atoms with van der Waals surface area (Å²) in [7, 11) is 0. The molecule has 2 rings (SSSR count). The molecule has 0 atom stereocenters. The summed E-state index contributed by atoms with van der Waals surface area (Å²) in [5.74, 6) is 1.37. The summed E-state index contributed by atoms with van der Waals surface area (Å²) in [5, 5.41) is 3.11. The van der Waals surface area contributed by atoms with E-state index >= 15 is 0 Å². The average molecular weight is 229 g/mol. The van der Waals surface area contributed by atoms with E-state index in [4.69, 9.17) is 4.74 Å². The van der Waals surface area contributed by atoms with Gasteiger partial charge in [0.15, 0.2) is 0 Å². The summed E-state index contributed by atoms with van der Waals surface area (Å²) in [6.07, 6.45) is 1.50. The van der Waals surface area contributed by atoms with Crippen molar-refractivity contribution in [1.82, 2.24) is 9.97 Å². The van der Waals surface area contributed by atoms with Gasteiger partial charge in [-0.05, 0) is 12.5 Å². The number of aromatic nitrogens is 2. The Morgan fingerprint density at radius 2 is 2.00 bits per heavy atom. The van der Waals surface area contributed by atoms with Gasteiger partial charge in [-0.1, -0.05) is 30.3 Å². The molecule has 88 valence electrons. The topological polar surface area (TPSA) is 47.0 Å². The quantitative estimate of drug-likeness (QED) is 0.855. The Morgan fingerprint density at radius 1 is 1.18 bits per heavy atom. The number of nitrogens with zero attached hydrogens (tertiary/aromatic N) is 2. The molecule has 0 saturated carbocycles. The zero-order valence-electron chi connectivity index (χ0n) is 9.76. The number of hydrogen-bond donors (Lipinski definition) is 1. The van der Waals surface area contributed by atoms with E-state index in [1.807, 2.05) is 37.3 Å². The van der Waals surface area contributed by atoms with Crippen LogP contribution in [0.3, 0.4) is 0 Å². The van der Waals surface area contributed by atoms with E-state index in [0.29, 0.717) is 12.5 Å². The van der Waals surface area contributed by atoms with Gasteiger partial charge >= 0.3 is 0 Å². The number of nitrogens with one attached hydrogen (secondary N) is 1. The molecular weight excluding hydrogens is 214 g/mol. The van der Waals surface area contributed by atoms with Crippen molar-refractivity contribution in [3.8, 4) is 5.88 Å². The molecule has 0 aliphatic carbocycles. The van der Waals surface area contributed by atoms with Gasteiger partial charge in [0.2, 0.25) is 5.88 Å². The first-order valence-electron chi connectivity index (χ1n) is 5.61. The first-order chi connectivity index (χ1) is 8.38. The Kier molecular flexibility index (Phi) is 3.91. The number of rotatable bonds is 5. The van der Waals surface area contributed by atoms with Crippen LogP contribution in [0.15, 0.2) is 42.7 Å². The van der Waals surface area contributed by atoms with Crippen LogP contribution in [0.5, 0.6) is 5.88 Å². The number of hydrogen-bond acceptors (Lipinski definition) is 4. The van der Waals surface area contributed by atoms with E-state index in [0.717, 1.165) is 17.9 Å². The maximum Gasteiger partial charge on any atom is 0.218 e. The van der Waals surface area contributed by atoms with Crippen molar-refractivity contribution in [2.24, 2.45) is 0 Å². The van der Waals surface area contributed by atoms with Crippen LogP contribution in [0.4, 0.5) is 5.82 Å². The van der Waals surface area contributed by atoms with Gasteiger partial charge in [0, 0.05) is 12.6 Å². The number of anilines is 1. The van der Waals surface area contributed by atoms with Gasteiger partial charge in [0.05, 0.1) is 0 Å². The number of benzene rings is 1. The minimum atomic E-state index is 0.517. The van der Waals surface area contributed by atoms with Crippen molar-refractivity contribution in [3.05, 3.63) is 48.3 Å². The third-order valence-corrected chi connectivity index (χ3v) is 2.23. The molecule has 1 aromatic heterocycles. The second kappa shape index (κ2) is 5.84. The molecule has 0 bridgehead atoms. The normalized spacial score (nSPS) is 9.94. The fourth-order valence-corrected chi connectivity index (χ4v) is 1.43. The lowest BCUT2D eigenvalue weighted by Crippen LogP contribution is -2.02. The summed E-state index contributed by atoms with van der Waals surface area (Å²) in [4.78, 5) is 8.15. The summed E-state index contributed by atoms with van der Waals surface area (Å²) < 4.78 is 5.59. The molecule has 0 aliphatic rings. The highest BCUT2D eigenvalue weighted by Crippen LogP contribution is 2.12. The molecule has 0 unspecified atom stereocenters. The highest BCUT2D eigenvalue weighted by Gasteiger charge is 1.99. The third kappa shape index (κ3) is 3.45. The first kappa shape index (κ1) is 11.4. The second-order valence-electron chi connectivity index (χ2n) is 3.55. The first-order valence-corrected chi connectivity index (χ1v) is 5.61. The fraction of sp³-hybridized carbons (Fsp3) is 0.231. The largest absolute Gasteiger partial charge is 0.473 e. The van der Waals surface area contributed by atoms with Crippen LogP contribution in [-0.2, 0) is 6.61 Å². The lowest BCUT2D eigenvalue weighted by Gasteiger charge is -2.06. The highest BCUT2D eigenvalue weighted by molar-refractivity contribution is 5.36. The molecule has 4 heteroatoms. The molecule has 0 spiro atoms. The van der Waals surface area contributed by atoms with Crippen LogP contribution in [0, 0.1) is 0 Å². The molecule has 1 heterocycles. The minimum Gasteiger partial charge on any atom is -0.473 e. The lowest BCUT2D eigenvalue weighted by molar-refractivity contribution is 0.293. The molecule has 0 fully saturated rings. The van der Waals surface area contributed by atoms with Crippen molar-refractivity contribution >= 4 is 5.82 Å². The fourth-order valence-electron chi connectivity index (χ4n) is 1.43. The molecule has 17 heavy (non-hydrogen) atoms. The van der Waals surface area contributed by atoms with Crippen molar-refractivity contribution in [1.29, 1.82) is 0 Å². The summed E-state index contributed by atoms with van der Waals surface area (Å²) in [6.45, 7) is 3.37. The van der Waals surface area contributed by atoms with Gasteiger partial charge in [-0.25, -0.2) is 9.97 Å². The van der Waals surface area contributed by atoms with Gasteiger partial charge in [0.1, 0.15) is 18.8 Å². The van der Waals surface area contributed by atoms with Gasteiger partial charge in [0.25, 0.3) is 0 Å². The highest BCUT2D eigenvalue weighted by atomic mass is 16.5. The van der Waals surface area contributed by atoms with Crippen LogP contribution >= 0.6 is 0 Å². The molecule has 2 aromatic rings. The monoisotopic (exact) mass is 229 g/mol. The molecular formula is C13H15N3O. The van der Waals surface area contributed by atoms with Crippen LogP contribution in [0.1, 0.15) is 12.5 Å². The molecule has 0 saturated heterocycles. The van der Waals surface area contributed by atoms with Crippen LogP contribution < -0.4 is 10.1 Å². The minimum absolute atomic E-state index is 0.517. The third-order valence-electron chi connectivity index (χ3n) is 2.23. The molecule has 1 N–H and O–H groups in total. The van der Waals surface area contributed by atoms with E-state index in [1.165, 1.54) is 6.33 Å². The molecule has 4 nitrogen and oxygen atoms in total. The second-order valence-corrected chi connectivity index (χ2v) is 3.55. The predicted molar refractivity (Wildman–Crippen MR) is 67.0 cm³/mol. The van der Waals surface area contributed by atoms with E-state index in [1.54, 1.807) is 6.07 Å².